The molecule has 0 bridgehead atoms. The number of benzene rings is 1. The molecule has 15 heteroatoms. The van der Waals surface area contributed by atoms with Gasteiger partial charge in [0.05, 0.1) is 28.8 Å². The van der Waals surface area contributed by atoms with Crippen LogP contribution in [0, 0.1) is 5.82 Å². The Morgan fingerprint density at radius 2 is 1.95 bits per heavy atom. The first kappa shape index (κ1) is 29.5. The van der Waals surface area contributed by atoms with E-state index in [0.717, 1.165) is 25.1 Å². The fourth-order valence-corrected chi connectivity index (χ4v) is 7.80. The van der Waals surface area contributed by atoms with E-state index in [2.05, 4.69) is 15.0 Å². The Balaban J connectivity index is 1.42. The third-order valence-corrected chi connectivity index (χ3v) is 9.96. The lowest BCUT2D eigenvalue weighted by molar-refractivity contribution is -0.137. The minimum Gasteiger partial charge on any atom is -0.477 e. The van der Waals surface area contributed by atoms with Gasteiger partial charge in [-0.1, -0.05) is 11.6 Å². The van der Waals surface area contributed by atoms with E-state index < -0.39 is 57.2 Å². The Labute approximate surface area is 254 Å². The Morgan fingerprint density at radius 3 is 2.68 bits per heavy atom. The molecule has 2 aromatic heterocycles. The van der Waals surface area contributed by atoms with Crippen LogP contribution in [0.3, 0.4) is 0 Å². The summed E-state index contributed by atoms with van der Waals surface area (Å²) in [7, 11) is 1.75. The van der Waals surface area contributed by atoms with Gasteiger partial charge in [0.15, 0.2) is 5.82 Å². The van der Waals surface area contributed by atoms with Crippen LogP contribution < -0.4 is 20.1 Å². The van der Waals surface area contributed by atoms with E-state index in [9.17, 15) is 22.7 Å². The molecule has 5 heterocycles. The van der Waals surface area contributed by atoms with Gasteiger partial charge in [0.1, 0.15) is 35.2 Å². The summed E-state index contributed by atoms with van der Waals surface area (Å²) < 4.78 is 85.6. The third kappa shape index (κ3) is 4.59. The van der Waals surface area contributed by atoms with Gasteiger partial charge in [-0.3, -0.25) is 4.90 Å². The predicted octanol–water partition coefficient (Wildman–Crippen LogP) is 5.15. The van der Waals surface area contributed by atoms with E-state index in [1.807, 2.05) is 9.80 Å². The topological polar surface area (TPSA) is 110 Å². The summed E-state index contributed by atoms with van der Waals surface area (Å²) in [6, 6.07) is 1.67. The average molecular weight is 641 g/mol. The fraction of sp³-hybridized carbons (Fsp3) is 0.552. The first-order valence-electron chi connectivity index (χ1n) is 14.4. The number of halogens is 6. The molecule has 1 aromatic carbocycles. The largest absolute Gasteiger partial charge is 0.477 e. The summed E-state index contributed by atoms with van der Waals surface area (Å²) >= 11 is 5.98. The van der Waals surface area contributed by atoms with Crippen molar-refractivity contribution in [2.45, 2.75) is 68.1 Å². The molecular weight excluding hydrogens is 611 g/mol. The first-order chi connectivity index (χ1) is 20.8. The Kier molecular flexibility index (Phi) is 6.80. The van der Waals surface area contributed by atoms with Crippen molar-refractivity contribution in [1.29, 1.82) is 0 Å². The van der Waals surface area contributed by atoms with E-state index in [-0.39, 0.29) is 53.9 Å². The molecule has 3 N–H and O–H groups in total. The molecule has 1 saturated carbocycles. The molecule has 4 aliphatic rings. The molecule has 0 radical (unpaired) electrons. The Hall–Kier alpha value is -3.23. The number of alkyl halides is 4. The zero-order chi connectivity index (χ0) is 31.2. The van der Waals surface area contributed by atoms with Gasteiger partial charge in [-0.15, -0.1) is 0 Å². The molecule has 0 amide bonds. The molecule has 9 nitrogen and oxygen atoms in total. The first-order valence-corrected chi connectivity index (χ1v) is 14.8. The van der Waals surface area contributed by atoms with Gasteiger partial charge in [-0.25, -0.2) is 13.8 Å². The van der Waals surface area contributed by atoms with Crippen LogP contribution >= 0.6 is 11.6 Å². The van der Waals surface area contributed by atoms with Crippen molar-refractivity contribution >= 4 is 34.0 Å². The molecule has 2 atom stereocenters. The van der Waals surface area contributed by atoms with Crippen LogP contribution in [0.15, 0.2) is 12.1 Å². The molecule has 1 aliphatic carbocycles. The number of aliphatic hydroxyl groups excluding tert-OH is 1. The van der Waals surface area contributed by atoms with E-state index >= 15 is 4.39 Å². The lowest BCUT2D eigenvalue weighted by Gasteiger charge is -2.52. The van der Waals surface area contributed by atoms with Crippen LogP contribution in [0.25, 0.3) is 22.2 Å². The summed E-state index contributed by atoms with van der Waals surface area (Å²) in [5, 5.41) is 9.54. The minimum absolute atomic E-state index is 0.0514. The molecule has 44 heavy (non-hydrogen) atoms. The predicted molar refractivity (Wildman–Crippen MR) is 152 cm³/mol. The Morgan fingerprint density at radius 1 is 1.18 bits per heavy atom. The smallest absolute Gasteiger partial charge is 0.418 e. The number of anilines is 2. The normalized spacial score (nSPS) is 28.5. The van der Waals surface area contributed by atoms with Gasteiger partial charge < -0.3 is 25.2 Å². The highest BCUT2D eigenvalue weighted by Crippen LogP contribution is 2.49. The van der Waals surface area contributed by atoms with Crippen molar-refractivity contribution in [2.75, 3.05) is 44.0 Å². The summed E-state index contributed by atoms with van der Waals surface area (Å²) in [5.41, 5.74) is 1.57. The van der Waals surface area contributed by atoms with Crippen molar-refractivity contribution in [1.82, 2.24) is 19.9 Å². The summed E-state index contributed by atoms with van der Waals surface area (Å²) in [4.78, 5) is 17.1. The Bertz CT molecular complexity index is 1650. The molecule has 0 unspecified atom stereocenters. The van der Waals surface area contributed by atoms with Gasteiger partial charge in [0.25, 0.3) is 0 Å². The van der Waals surface area contributed by atoms with E-state index in [0.29, 0.717) is 32.2 Å². The number of nitrogens with two attached hydrogens (primary N) is 1. The maximum Gasteiger partial charge on any atom is 0.418 e. The minimum atomic E-state index is -4.96. The number of pyridine rings is 1. The van der Waals surface area contributed by atoms with Crippen molar-refractivity contribution in [3.63, 3.8) is 0 Å². The highest BCUT2D eigenvalue weighted by Gasteiger charge is 2.51. The summed E-state index contributed by atoms with van der Waals surface area (Å²) in [6.45, 7) is 1.18. The lowest BCUT2D eigenvalue weighted by Crippen LogP contribution is -2.59. The zero-order valence-corrected chi connectivity index (χ0v) is 24.5. The van der Waals surface area contributed by atoms with Crippen molar-refractivity contribution in [3.8, 4) is 23.1 Å². The average Bonchev–Trinajstić information content (AvgIpc) is 3.44. The highest BCUT2D eigenvalue weighted by molar-refractivity contribution is 6.32. The van der Waals surface area contributed by atoms with Gasteiger partial charge in [0, 0.05) is 43.2 Å². The van der Waals surface area contributed by atoms with E-state index in [1.165, 1.54) is 0 Å². The number of rotatable bonds is 4. The maximum atomic E-state index is 16.6. The van der Waals surface area contributed by atoms with Crippen LogP contribution in [-0.4, -0.2) is 81.7 Å². The monoisotopic (exact) mass is 640 g/mol. The number of hydrogen-bond acceptors (Lipinski definition) is 9. The highest BCUT2D eigenvalue weighted by atomic mass is 35.5. The fourth-order valence-electron chi connectivity index (χ4n) is 7.47. The SMILES string of the molecule is CN1c2nc(OC[C@@]34CCCN3C[C@H](F)C4)nc3c(F)c(-c4cc(N)cc(Cl)c4C(F)(F)F)nc(c23)OCCC12CC(O)C2. The second kappa shape index (κ2) is 10.1. The third-order valence-electron chi connectivity index (χ3n) is 9.66. The standard InChI is InChI=1S/C29H30ClF5N6O3/c1-40-24-19-23(38-26(39-24)44-13-28-3-2-5-41(28)12-14(31)9-28)21(32)22(17-7-15(36)8-18(30)20(17)29(33,34)35)37-25(19)43-6-4-27(40)10-16(42)11-27/h7-8,14,16,42H,2-6,9-13,36H2,1H3/t14-,16?,27?,28+/m1/s1. The molecule has 7 rings (SSSR count). The lowest BCUT2D eigenvalue weighted by atomic mass is 9.71. The van der Waals surface area contributed by atoms with Crippen molar-refractivity contribution in [2.24, 2.45) is 0 Å². The maximum absolute atomic E-state index is 16.6. The molecular formula is C29H30ClF5N6O3. The second-order valence-electron chi connectivity index (χ2n) is 12.4. The molecule has 1 spiro atoms. The number of aliphatic hydroxyl groups is 1. The van der Waals surface area contributed by atoms with Crippen LogP contribution in [0.2, 0.25) is 5.02 Å². The van der Waals surface area contributed by atoms with Crippen LogP contribution in [0.4, 0.5) is 33.5 Å². The number of aromatic nitrogens is 3. The summed E-state index contributed by atoms with van der Waals surface area (Å²) in [6.07, 6.45) is -3.38. The quantitative estimate of drug-likeness (QED) is 0.296. The van der Waals surface area contributed by atoms with Gasteiger partial charge in [-0.05, 0) is 44.4 Å². The molecule has 2 saturated heterocycles. The number of hydrogen-bond donors (Lipinski definition) is 2. The van der Waals surface area contributed by atoms with Crippen molar-refractivity contribution < 1.29 is 36.5 Å². The van der Waals surface area contributed by atoms with Crippen LogP contribution in [-0.2, 0) is 6.18 Å². The molecule has 3 aliphatic heterocycles. The zero-order valence-electron chi connectivity index (χ0n) is 23.7. The molecule has 236 valence electrons. The van der Waals surface area contributed by atoms with E-state index in [1.54, 1.807) is 7.05 Å². The number of nitrogens with zero attached hydrogens (tertiary/aromatic N) is 5. The number of nitrogen functional groups attached to an aromatic ring is 1. The van der Waals surface area contributed by atoms with Gasteiger partial charge >= 0.3 is 12.2 Å². The van der Waals surface area contributed by atoms with Crippen LogP contribution in [0.1, 0.15) is 44.1 Å². The van der Waals surface area contributed by atoms with Gasteiger partial charge in [0.2, 0.25) is 5.88 Å². The number of fused-ring (bicyclic) bond motifs is 1. The molecule has 3 aromatic rings. The van der Waals surface area contributed by atoms with E-state index in [4.69, 9.17) is 26.8 Å². The van der Waals surface area contributed by atoms with Crippen molar-refractivity contribution in [3.05, 3.63) is 28.5 Å². The molecule has 3 fully saturated rings. The van der Waals surface area contributed by atoms with Gasteiger partial charge in [-0.2, -0.15) is 23.1 Å². The van der Waals surface area contributed by atoms with Crippen LogP contribution in [0.5, 0.6) is 11.9 Å². The summed E-state index contributed by atoms with van der Waals surface area (Å²) in [5.74, 6) is -1.14. The number of ether oxygens (including phenoxy) is 2. The second-order valence-corrected chi connectivity index (χ2v) is 12.8.